The molecule has 0 atom stereocenters. The molecule has 1 heterocycles. The Morgan fingerprint density at radius 3 is 3.06 bits per heavy atom. The van der Waals surface area contributed by atoms with Crippen LogP contribution in [0.1, 0.15) is 25.6 Å². The lowest BCUT2D eigenvalue weighted by molar-refractivity contribution is -0.124. The molecule has 0 unspecified atom stereocenters. The Bertz CT molecular complexity index is 370. The molecule has 0 saturated carbocycles. The predicted octanol–water partition coefficient (Wildman–Crippen LogP) is 1.87. The zero-order valence-electron chi connectivity index (χ0n) is 10.7. The molecule has 0 aliphatic rings. The van der Waals surface area contributed by atoms with Crippen molar-refractivity contribution in [1.82, 2.24) is 14.5 Å². The highest BCUT2D eigenvalue weighted by molar-refractivity contribution is 5.86. The highest BCUT2D eigenvalue weighted by Crippen LogP contribution is 2.03. The summed E-state index contributed by atoms with van der Waals surface area (Å²) in [7, 11) is 1.79. The third-order valence-corrected chi connectivity index (χ3v) is 2.71. The Balaban J connectivity index is 2.37. The van der Waals surface area contributed by atoms with Gasteiger partial charge in [-0.25, -0.2) is 4.98 Å². The maximum absolute atomic E-state index is 11.3. The molecule has 1 aromatic heterocycles. The standard InChI is InChI=1S/C13H21N3O/c1-4-9-16-11-8-14-12(16)7-6-10-15(3)13(17)5-2/h5,8,11H,2,4,6-7,9-10H2,1,3H3. The topological polar surface area (TPSA) is 38.1 Å². The van der Waals surface area contributed by atoms with Crippen LogP contribution in [0.2, 0.25) is 0 Å². The molecule has 4 nitrogen and oxygen atoms in total. The molecule has 4 heteroatoms. The number of hydrogen-bond acceptors (Lipinski definition) is 2. The average Bonchev–Trinajstić information content (AvgIpc) is 2.76. The number of likely N-dealkylation sites (N-methyl/N-ethyl adjacent to an activating group) is 1. The average molecular weight is 235 g/mol. The normalized spacial score (nSPS) is 10.2. The van der Waals surface area contributed by atoms with Crippen LogP contribution in [0.4, 0.5) is 0 Å². The molecular formula is C13H21N3O. The smallest absolute Gasteiger partial charge is 0.245 e. The van der Waals surface area contributed by atoms with Crippen LogP contribution in [0.25, 0.3) is 0 Å². The lowest BCUT2D eigenvalue weighted by Gasteiger charge is -2.14. The van der Waals surface area contributed by atoms with E-state index < -0.39 is 0 Å². The highest BCUT2D eigenvalue weighted by atomic mass is 16.2. The molecule has 1 rings (SSSR count). The summed E-state index contributed by atoms with van der Waals surface area (Å²) >= 11 is 0. The minimum absolute atomic E-state index is 0.0260. The van der Waals surface area contributed by atoms with Crippen molar-refractivity contribution in [1.29, 1.82) is 0 Å². The van der Waals surface area contributed by atoms with Gasteiger partial charge in [0.2, 0.25) is 5.91 Å². The highest BCUT2D eigenvalue weighted by Gasteiger charge is 2.05. The first-order valence-electron chi connectivity index (χ1n) is 6.06. The van der Waals surface area contributed by atoms with Crippen LogP contribution in [-0.4, -0.2) is 34.0 Å². The van der Waals surface area contributed by atoms with Crippen molar-refractivity contribution in [3.05, 3.63) is 30.9 Å². The Morgan fingerprint density at radius 1 is 1.65 bits per heavy atom. The number of aromatic nitrogens is 2. The molecule has 0 aliphatic carbocycles. The first kappa shape index (κ1) is 13.5. The van der Waals surface area contributed by atoms with Crippen LogP contribution >= 0.6 is 0 Å². The van der Waals surface area contributed by atoms with E-state index in [-0.39, 0.29) is 5.91 Å². The van der Waals surface area contributed by atoms with E-state index in [9.17, 15) is 4.79 Å². The molecule has 94 valence electrons. The number of aryl methyl sites for hydroxylation is 2. The van der Waals surface area contributed by atoms with Crippen LogP contribution in [0, 0.1) is 0 Å². The van der Waals surface area contributed by atoms with Gasteiger partial charge in [0, 0.05) is 39.0 Å². The minimum atomic E-state index is -0.0260. The van der Waals surface area contributed by atoms with E-state index in [0.717, 1.165) is 38.2 Å². The summed E-state index contributed by atoms with van der Waals surface area (Å²) in [5.41, 5.74) is 0. The Kier molecular flexibility index (Phi) is 5.46. The van der Waals surface area contributed by atoms with Gasteiger partial charge in [0.1, 0.15) is 5.82 Å². The fourth-order valence-corrected chi connectivity index (χ4v) is 1.75. The molecule has 0 spiro atoms. The van der Waals surface area contributed by atoms with Crippen molar-refractivity contribution in [2.75, 3.05) is 13.6 Å². The summed E-state index contributed by atoms with van der Waals surface area (Å²) in [6, 6.07) is 0. The second kappa shape index (κ2) is 6.89. The largest absolute Gasteiger partial charge is 0.342 e. The summed E-state index contributed by atoms with van der Waals surface area (Å²) < 4.78 is 2.18. The lowest BCUT2D eigenvalue weighted by Crippen LogP contribution is -2.26. The summed E-state index contributed by atoms with van der Waals surface area (Å²) in [5.74, 6) is 1.08. The van der Waals surface area contributed by atoms with Gasteiger partial charge in [0.25, 0.3) is 0 Å². The van der Waals surface area contributed by atoms with Crippen molar-refractivity contribution in [3.63, 3.8) is 0 Å². The van der Waals surface area contributed by atoms with Gasteiger partial charge in [0.05, 0.1) is 0 Å². The van der Waals surface area contributed by atoms with Crippen LogP contribution in [0.15, 0.2) is 25.0 Å². The van der Waals surface area contributed by atoms with Crippen molar-refractivity contribution in [2.45, 2.75) is 32.7 Å². The van der Waals surface area contributed by atoms with E-state index in [1.165, 1.54) is 6.08 Å². The van der Waals surface area contributed by atoms with Gasteiger partial charge in [0.15, 0.2) is 0 Å². The van der Waals surface area contributed by atoms with Gasteiger partial charge in [-0.2, -0.15) is 0 Å². The molecule has 0 saturated heterocycles. The van der Waals surface area contributed by atoms with Crippen LogP contribution in [0.3, 0.4) is 0 Å². The number of rotatable bonds is 7. The Morgan fingerprint density at radius 2 is 2.41 bits per heavy atom. The Hall–Kier alpha value is -1.58. The first-order chi connectivity index (χ1) is 8.19. The van der Waals surface area contributed by atoms with Gasteiger partial charge in [-0.05, 0) is 18.9 Å². The van der Waals surface area contributed by atoms with E-state index in [4.69, 9.17) is 0 Å². The van der Waals surface area contributed by atoms with Gasteiger partial charge < -0.3 is 9.47 Å². The molecule has 17 heavy (non-hydrogen) atoms. The molecule has 1 aromatic rings. The molecule has 0 radical (unpaired) electrons. The zero-order chi connectivity index (χ0) is 12.7. The molecule has 1 amide bonds. The number of nitrogens with zero attached hydrogens (tertiary/aromatic N) is 3. The fourth-order valence-electron chi connectivity index (χ4n) is 1.75. The van der Waals surface area contributed by atoms with Crippen molar-refractivity contribution >= 4 is 5.91 Å². The van der Waals surface area contributed by atoms with E-state index >= 15 is 0 Å². The van der Waals surface area contributed by atoms with Gasteiger partial charge in [-0.3, -0.25) is 4.79 Å². The van der Waals surface area contributed by atoms with Gasteiger partial charge >= 0.3 is 0 Å². The predicted molar refractivity (Wildman–Crippen MR) is 68.7 cm³/mol. The summed E-state index contributed by atoms with van der Waals surface area (Å²) in [6.45, 7) is 7.37. The Labute approximate surface area is 103 Å². The molecule has 0 N–H and O–H groups in total. The summed E-state index contributed by atoms with van der Waals surface area (Å²) in [5, 5.41) is 0. The number of imidazole rings is 1. The maximum Gasteiger partial charge on any atom is 0.245 e. The number of amides is 1. The molecular weight excluding hydrogens is 214 g/mol. The van der Waals surface area contributed by atoms with Gasteiger partial charge in [-0.1, -0.05) is 13.5 Å². The van der Waals surface area contributed by atoms with E-state index in [1.54, 1.807) is 11.9 Å². The SMILES string of the molecule is C=CC(=O)N(C)CCCc1nccn1CCC. The number of carbonyl (C=O) groups excluding carboxylic acids is 1. The van der Waals surface area contributed by atoms with E-state index in [1.807, 2.05) is 12.4 Å². The summed E-state index contributed by atoms with van der Waals surface area (Å²) in [4.78, 5) is 17.3. The third-order valence-electron chi connectivity index (χ3n) is 2.71. The molecule has 0 bridgehead atoms. The van der Waals surface area contributed by atoms with E-state index in [2.05, 4.69) is 23.1 Å². The zero-order valence-corrected chi connectivity index (χ0v) is 10.7. The monoisotopic (exact) mass is 235 g/mol. The van der Waals surface area contributed by atoms with Crippen molar-refractivity contribution in [3.8, 4) is 0 Å². The quantitative estimate of drug-likeness (QED) is 0.677. The van der Waals surface area contributed by atoms with Crippen LogP contribution in [-0.2, 0) is 17.8 Å². The molecule has 0 aliphatic heterocycles. The van der Waals surface area contributed by atoms with Gasteiger partial charge in [-0.15, -0.1) is 0 Å². The minimum Gasteiger partial charge on any atom is -0.342 e. The first-order valence-corrected chi connectivity index (χ1v) is 6.06. The second-order valence-corrected chi connectivity index (χ2v) is 4.10. The maximum atomic E-state index is 11.3. The van der Waals surface area contributed by atoms with Crippen molar-refractivity contribution < 1.29 is 4.79 Å². The second-order valence-electron chi connectivity index (χ2n) is 4.10. The number of carbonyl (C=O) groups is 1. The summed E-state index contributed by atoms with van der Waals surface area (Å²) in [6.07, 6.45) is 8.13. The molecule has 0 aromatic carbocycles. The fraction of sp³-hybridized carbons (Fsp3) is 0.538. The van der Waals surface area contributed by atoms with Crippen LogP contribution < -0.4 is 0 Å². The van der Waals surface area contributed by atoms with Crippen molar-refractivity contribution in [2.24, 2.45) is 0 Å². The van der Waals surface area contributed by atoms with Crippen LogP contribution in [0.5, 0.6) is 0 Å². The van der Waals surface area contributed by atoms with E-state index in [0.29, 0.717) is 0 Å². The lowest BCUT2D eigenvalue weighted by atomic mass is 10.2. The number of hydrogen-bond donors (Lipinski definition) is 0. The molecule has 0 fully saturated rings. The third kappa shape index (κ3) is 4.06.